The van der Waals surface area contributed by atoms with Crippen LogP contribution in [0.3, 0.4) is 0 Å². The molecular weight excluding hydrogens is 384 g/mol. The predicted molar refractivity (Wildman–Crippen MR) is 126 cm³/mol. The van der Waals surface area contributed by atoms with Crippen LogP contribution in [0.2, 0.25) is 0 Å². The van der Waals surface area contributed by atoms with E-state index in [1.54, 1.807) is 0 Å². The third-order valence-corrected chi connectivity index (χ3v) is 12.1. The molecule has 0 amide bonds. The summed E-state index contributed by atoms with van der Waals surface area (Å²) < 4.78 is 0. The number of carbonyl (C=O) groups is 1. The van der Waals surface area contributed by atoms with Crippen molar-refractivity contribution < 1.29 is 15.0 Å². The quantitative estimate of drug-likeness (QED) is 0.507. The number of aliphatic carboxylic acids is 1. The molecule has 178 valence electrons. The first-order chi connectivity index (χ1) is 14.4. The van der Waals surface area contributed by atoms with Gasteiger partial charge >= 0.3 is 5.97 Å². The summed E-state index contributed by atoms with van der Waals surface area (Å²) in [6.45, 7) is 14.6. The van der Waals surface area contributed by atoms with Crippen LogP contribution in [0.5, 0.6) is 0 Å². The van der Waals surface area contributed by atoms with E-state index in [0.29, 0.717) is 29.1 Å². The van der Waals surface area contributed by atoms with Crippen molar-refractivity contribution in [2.45, 2.75) is 118 Å². The minimum absolute atomic E-state index is 0.00326. The zero-order valence-corrected chi connectivity index (χ0v) is 21.0. The largest absolute Gasteiger partial charge is 0.481 e. The molecule has 31 heavy (non-hydrogen) atoms. The topological polar surface area (TPSA) is 57.5 Å². The molecule has 0 aliphatic heterocycles. The van der Waals surface area contributed by atoms with Gasteiger partial charge in [0.1, 0.15) is 0 Å². The Bertz CT molecular complexity index is 700. The Hall–Kier alpha value is -0.570. The number of carboxylic acid groups (broad SMARTS) is 1. The Morgan fingerprint density at radius 1 is 0.871 bits per heavy atom. The first-order valence-electron chi connectivity index (χ1n) is 13.3. The second kappa shape index (κ2) is 7.74. The number of rotatable bonds is 4. The van der Waals surface area contributed by atoms with E-state index in [2.05, 4.69) is 41.5 Å². The number of fused-ring (bicyclic) bond motifs is 5. The van der Waals surface area contributed by atoms with E-state index in [4.69, 9.17) is 0 Å². The highest BCUT2D eigenvalue weighted by molar-refractivity contribution is 5.70. The first kappa shape index (κ1) is 23.6. The van der Waals surface area contributed by atoms with Gasteiger partial charge in [-0.05, 0) is 103 Å². The lowest BCUT2D eigenvalue weighted by Gasteiger charge is -2.72. The Kier molecular flexibility index (Phi) is 5.89. The summed E-state index contributed by atoms with van der Waals surface area (Å²) in [7, 11) is 0. The van der Waals surface area contributed by atoms with Crippen molar-refractivity contribution in [3.8, 4) is 0 Å². The summed E-state index contributed by atoms with van der Waals surface area (Å²) in [6, 6.07) is 0. The number of hydrogen-bond acceptors (Lipinski definition) is 2. The molecule has 9 atom stereocenters. The van der Waals surface area contributed by atoms with Crippen molar-refractivity contribution in [3.05, 3.63) is 0 Å². The molecule has 0 bridgehead atoms. The molecule has 4 saturated carbocycles. The van der Waals surface area contributed by atoms with Gasteiger partial charge in [0.15, 0.2) is 0 Å². The van der Waals surface area contributed by atoms with Gasteiger partial charge in [0.25, 0.3) is 0 Å². The Morgan fingerprint density at radius 2 is 1.55 bits per heavy atom. The zero-order valence-electron chi connectivity index (χ0n) is 21.0. The fraction of sp³-hybridized carbons (Fsp3) is 0.964. The van der Waals surface area contributed by atoms with Gasteiger partial charge in [-0.25, -0.2) is 0 Å². The van der Waals surface area contributed by atoms with Gasteiger partial charge in [-0.2, -0.15) is 0 Å². The van der Waals surface area contributed by atoms with Crippen molar-refractivity contribution in [1.82, 2.24) is 0 Å². The maximum absolute atomic E-state index is 12.2. The average Bonchev–Trinajstić information content (AvgIpc) is 2.69. The minimum Gasteiger partial charge on any atom is -0.481 e. The summed E-state index contributed by atoms with van der Waals surface area (Å²) >= 11 is 0. The number of aliphatic hydroxyl groups excluding tert-OH is 1. The Balaban J connectivity index is 1.70. The second-order valence-electron chi connectivity index (χ2n) is 13.3. The van der Waals surface area contributed by atoms with Gasteiger partial charge in [-0.1, -0.05) is 54.4 Å². The van der Waals surface area contributed by atoms with Gasteiger partial charge in [-0.15, -0.1) is 0 Å². The fourth-order valence-corrected chi connectivity index (χ4v) is 10.2. The van der Waals surface area contributed by atoms with E-state index in [0.717, 1.165) is 44.9 Å². The van der Waals surface area contributed by atoms with Crippen LogP contribution in [0.1, 0.15) is 112 Å². The molecule has 4 aliphatic carbocycles. The van der Waals surface area contributed by atoms with E-state index in [-0.39, 0.29) is 28.3 Å². The van der Waals surface area contributed by atoms with Gasteiger partial charge < -0.3 is 10.2 Å². The molecule has 2 N–H and O–H groups in total. The third-order valence-electron chi connectivity index (χ3n) is 12.1. The summed E-state index contributed by atoms with van der Waals surface area (Å²) in [6.07, 6.45) is 12.2. The molecule has 0 heterocycles. The number of aliphatic hydroxyl groups is 1. The summed E-state index contributed by atoms with van der Waals surface area (Å²) in [5.74, 6) is 1.50. The van der Waals surface area contributed by atoms with Crippen LogP contribution in [-0.4, -0.2) is 22.3 Å². The summed E-state index contributed by atoms with van der Waals surface area (Å²) in [5, 5.41) is 20.9. The smallest absolute Gasteiger partial charge is 0.306 e. The minimum atomic E-state index is -0.547. The van der Waals surface area contributed by atoms with E-state index < -0.39 is 5.97 Å². The molecule has 0 aromatic rings. The maximum Gasteiger partial charge on any atom is 0.306 e. The van der Waals surface area contributed by atoms with Gasteiger partial charge in [0, 0.05) is 0 Å². The number of unbranched alkanes of at least 4 members (excludes halogenated alkanes) is 1. The van der Waals surface area contributed by atoms with Gasteiger partial charge in [0.05, 0.1) is 12.0 Å². The second-order valence-corrected chi connectivity index (χ2v) is 13.3. The lowest BCUT2D eigenvalue weighted by Crippen LogP contribution is -2.66. The van der Waals surface area contributed by atoms with Gasteiger partial charge in [-0.3, -0.25) is 4.79 Å². The third kappa shape index (κ3) is 3.18. The molecule has 0 aromatic carbocycles. The van der Waals surface area contributed by atoms with Crippen LogP contribution in [0, 0.1) is 51.2 Å². The van der Waals surface area contributed by atoms with Crippen molar-refractivity contribution in [2.75, 3.05) is 0 Å². The van der Waals surface area contributed by atoms with Crippen molar-refractivity contribution >= 4 is 5.97 Å². The Morgan fingerprint density at radius 3 is 2.19 bits per heavy atom. The van der Waals surface area contributed by atoms with Gasteiger partial charge in [0.2, 0.25) is 0 Å². The number of carboxylic acids is 1. The van der Waals surface area contributed by atoms with Crippen molar-refractivity contribution in [2.24, 2.45) is 51.2 Å². The molecule has 3 heteroatoms. The normalized spacial score (nSPS) is 51.3. The monoisotopic (exact) mass is 432 g/mol. The molecule has 4 rings (SSSR count). The SMILES string of the molecule is CCCCC1C(C(=O)O)CC[C@]2(C)C1CCC1C3(C)CCC(O)C(C)(C)C3CCC12C. The maximum atomic E-state index is 12.2. The van der Waals surface area contributed by atoms with E-state index in [1.165, 1.54) is 25.7 Å². The molecular formula is C28H48O3. The van der Waals surface area contributed by atoms with Crippen LogP contribution in [0.15, 0.2) is 0 Å². The highest BCUT2D eigenvalue weighted by Gasteiger charge is 2.68. The molecule has 0 radical (unpaired) electrons. The highest BCUT2D eigenvalue weighted by Crippen LogP contribution is 2.74. The van der Waals surface area contributed by atoms with E-state index >= 15 is 0 Å². The molecule has 4 fully saturated rings. The predicted octanol–water partition coefficient (Wildman–Crippen LogP) is 6.92. The standard InChI is InChI=1S/C28H48O3/c1-7-8-9-18-19(24(30)31)12-16-27(5)20(18)10-11-22-26(4)15-14-23(29)25(2,3)21(26)13-17-28(22,27)6/h18-23,29H,7-17H2,1-6H3,(H,30,31)/t18?,19?,20?,21?,22?,23?,26?,27-,28?/m1/s1. The van der Waals surface area contributed by atoms with E-state index in [9.17, 15) is 15.0 Å². The Labute approximate surface area is 190 Å². The van der Waals surface area contributed by atoms with Crippen LogP contribution in [-0.2, 0) is 4.79 Å². The van der Waals surface area contributed by atoms with Crippen LogP contribution >= 0.6 is 0 Å². The van der Waals surface area contributed by atoms with Crippen LogP contribution in [0.4, 0.5) is 0 Å². The summed E-state index contributed by atoms with van der Waals surface area (Å²) in [4.78, 5) is 12.2. The molecule has 0 saturated heterocycles. The average molecular weight is 433 g/mol. The lowest BCUT2D eigenvalue weighted by atomic mass is 9.33. The van der Waals surface area contributed by atoms with Crippen molar-refractivity contribution in [3.63, 3.8) is 0 Å². The number of hydrogen-bond donors (Lipinski definition) is 2. The van der Waals surface area contributed by atoms with E-state index in [1.807, 2.05) is 0 Å². The molecule has 8 unspecified atom stereocenters. The molecule has 0 spiro atoms. The molecule has 4 aliphatic rings. The lowest BCUT2D eigenvalue weighted by molar-refractivity contribution is -0.241. The highest BCUT2D eigenvalue weighted by atomic mass is 16.4. The van der Waals surface area contributed by atoms with Crippen LogP contribution in [0.25, 0.3) is 0 Å². The zero-order chi connectivity index (χ0) is 22.8. The molecule has 3 nitrogen and oxygen atoms in total. The fourth-order valence-electron chi connectivity index (χ4n) is 10.2. The van der Waals surface area contributed by atoms with Crippen LogP contribution < -0.4 is 0 Å². The first-order valence-corrected chi connectivity index (χ1v) is 13.3. The molecule has 0 aromatic heterocycles. The van der Waals surface area contributed by atoms with Crippen molar-refractivity contribution in [1.29, 1.82) is 0 Å². The summed E-state index contributed by atoms with van der Waals surface area (Å²) in [5.41, 5.74) is 0.824.